The molecule has 0 aliphatic heterocycles. The summed E-state index contributed by atoms with van der Waals surface area (Å²) < 4.78 is 0. The Morgan fingerprint density at radius 2 is 1.88 bits per heavy atom. The van der Waals surface area contributed by atoms with Crippen molar-refractivity contribution in [3.8, 4) is 0 Å². The molecule has 0 saturated heterocycles. The number of rotatable bonds is 4. The van der Waals surface area contributed by atoms with Crippen LogP contribution in [0.15, 0.2) is 36.4 Å². The number of thiophene rings is 1. The van der Waals surface area contributed by atoms with Crippen LogP contribution < -0.4 is 0 Å². The zero-order chi connectivity index (χ0) is 12.3. The highest BCUT2D eigenvalue weighted by molar-refractivity contribution is 9.09. The van der Waals surface area contributed by atoms with E-state index >= 15 is 0 Å². The molecule has 3 heteroatoms. The predicted molar refractivity (Wildman–Crippen MR) is 80.5 cm³/mol. The highest BCUT2D eigenvalue weighted by Gasteiger charge is 2.10. The summed E-state index contributed by atoms with van der Waals surface area (Å²) >= 11 is 11.5. The molecule has 1 heterocycles. The quantitative estimate of drug-likeness (QED) is 0.636. The van der Waals surface area contributed by atoms with Crippen LogP contribution in [-0.4, -0.2) is 0 Å². The predicted octanol–water partition coefficient (Wildman–Crippen LogP) is 5.64. The molecule has 17 heavy (non-hydrogen) atoms. The van der Waals surface area contributed by atoms with Crippen LogP contribution in [0.2, 0.25) is 5.02 Å². The van der Waals surface area contributed by atoms with Gasteiger partial charge in [-0.1, -0.05) is 46.6 Å². The molecule has 0 amide bonds. The van der Waals surface area contributed by atoms with Crippen molar-refractivity contribution in [1.82, 2.24) is 0 Å². The fourth-order valence-electron chi connectivity index (χ4n) is 1.68. The highest BCUT2D eigenvalue weighted by atomic mass is 79.9. The lowest BCUT2D eigenvalue weighted by Crippen LogP contribution is -1.92. The van der Waals surface area contributed by atoms with Crippen molar-refractivity contribution in [3.63, 3.8) is 0 Å². The summed E-state index contributed by atoms with van der Waals surface area (Å²) in [5.41, 5.74) is 1.31. The maximum absolute atomic E-state index is 5.88. The highest BCUT2D eigenvalue weighted by Crippen LogP contribution is 2.32. The first-order chi connectivity index (χ1) is 8.19. The van der Waals surface area contributed by atoms with Crippen LogP contribution >= 0.6 is 38.9 Å². The molecule has 1 aromatic carbocycles. The molecule has 1 unspecified atom stereocenters. The summed E-state index contributed by atoms with van der Waals surface area (Å²) in [5.74, 6) is 0. The summed E-state index contributed by atoms with van der Waals surface area (Å²) in [6.45, 7) is 2.19. The number of alkyl halides is 1. The van der Waals surface area contributed by atoms with Crippen LogP contribution in [0.25, 0.3) is 0 Å². The van der Waals surface area contributed by atoms with E-state index in [1.165, 1.54) is 15.3 Å². The fourth-order valence-corrected chi connectivity index (χ4v) is 3.54. The van der Waals surface area contributed by atoms with E-state index in [0.717, 1.165) is 17.9 Å². The second kappa shape index (κ2) is 6.03. The lowest BCUT2D eigenvalue weighted by atomic mass is 10.1. The van der Waals surface area contributed by atoms with Crippen LogP contribution in [0, 0.1) is 0 Å². The topological polar surface area (TPSA) is 0 Å². The third-order valence-electron chi connectivity index (χ3n) is 2.67. The average molecular weight is 330 g/mol. The van der Waals surface area contributed by atoms with Gasteiger partial charge in [0.25, 0.3) is 0 Å². The number of halogens is 2. The van der Waals surface area contributed by atoms with E-state index in [0.29, 0.717) is 4.83 Å². The van der Waals surface area contributed by atoms with Gasteiger partial charge in [0.1, 0.15) is 0 Å². The molecule has 0 nitrogen and oxygen atoms in total. The van der Waals surface area contributed by atoms with Crippen LogP contribution in [0.4, 0.5) is 0 Å². The van der Waals surface area contributed by atoms with Crippen molar-refractivity contribution >= 4 is 38.9 Å². The number of hydrogen-bond donors (Lipinski definition) is 0. The van der Waals surface area contributed by atoms with E-state index in [9.17, 15) is 0 Å². The van der Waals surface area contributed by atoms with Gasteiger partial charge in [0, 0.05) is 14.8 Å². The molecule has 0 spiro atoms. The summed E-state index contributed by atoms with van der Waals surface area (Å²) in [6.07, 6.45) is 2.12. The molecule has 0 bridgehead atoms. The number of hydrogen-bond acceptors (Lipinski definition) is 1. The standard InChI is InChI=1S/C14H14BrClS/c1-2-12-7-8-14(17-12)13(15)9-10-3-5-11(16)6-4-10/h3-8,13H,2,9H2,1H3. The van der Waals surface area contributed by atoms with Crippen LogP contribution in [0.5, 0.6) is 0 Å². The van der Waals surface area contributed by atoms with Gasteiger partial charge in [-0.2, -0.15) is 0 Å². The van der Waals surface area contributed by atoms with Gasteiger partial charge in [0.2, 0.25) is 0 Å². The molecular weight excluding hydrogens is 316 g/mol. The molecule has 2 rings (SSSR count). The van der Waals surface area contributed by atoms with E-state index < -0.39 is 0 Å². The summed E-state index contributed by atoms with van der Waals surface area (Å²) in [6, 6.07) is 12.5. The zero-order valence-corrected chi connectivity index (χ0v) is 12.8. The molecule has 90 valence electrons. The Labute approximate surface area is 120 Å². The summed E-state index contributed by atoms with van der Waals surface area (Å²) in [5, 5.41) is 0.796. The van der Waals surface area contributed by atoms with Crippen LogP contribution in [0.1, 0.15) is 27.1 Å². The molecule has 0 fully saturated rings. The third kappa shape index (κ3) is 3.57. The smallest absolute Gasteiger partial charge is 0.0529 e. The van der Waals surface area contributed by atoms with Crippen molar-refractivity contribution in [1.29, 1.82) is 0 Å². The average Bonchev–Trinajstić information content (AvgIpc) is 2.81. The molecule has 0 N–H and O–H groups in total. The minimum atomic E-state index is 0.397. The largest absolute Gasteiger partial charge is 0.144 e. The SMILES string of the molecule is CCc1ccc(C(Br)Cc2ccc(Cl)cc2)s1. The second-order valence-electron chi connectivity index (χ2n) is 3.96. The fraction of sp³-hybridized carbons (Fsp3) is 0.286. The van der Waals surface area contributed by atoms with Gasteiger partial charge in [-0.3, -0.25) is 0 Å². The lowest BCUT2D eigenvalue weighted by Gasteiger charge is -2.07. The molecule has 1 aromatic heterocycles. The Bertz CT molecular complexity index is 475. The Morgan fingerprint density at radius 1 is 1.18 bits per heavy atom. The van der Waals surface area contributed by atoms with E-state index in [2.05, 4.69) is 47.1 Å². The molecule has 0 aliphatic carbocycles. The summed E-state index contributed by atoms with van der Waals surface area (Å²) in [7, 11) is 0. The Hall–Kier alpha value is -0.310. The normalized spacial score (nSPS) is 12.6. The first kappa shape index (κ1) is 13.1. The van der Waals surface area contributed by atoms with E-state index in [1.807, 2.05) is 23.5 Å². The van der Waals surface area contributed by atoms with E-state index in [4.69, 9.17) is 11.6 Å². The van der Waals surface area contributed by atoms with Crippen molar-refractivity contribution in [2.45, 2.75) is 24.6 Å². The van der Waals surface area contributed by atoms with Crippen LogP contribution in [0.3, 0.4) is 0 Å². The Kier molecular flexibility index (Phi) is 4.66. The molecule has 0 aliphatic rings. The molecular formula is C14H14BrClS. The van der Waals surface area contributed by atoms with Crippen molar-refractivity contribution in [2.24, 2.45) is 0 Å². The number of aryl methyl sites for hydroxylation is 1. The van der Waals surface area contributed by atoms with Crippen molar-refractivity contribution < 1.29 is 0 Å². The molecule has 0 radical (unpaired) electrons. The zero-order valence-electron chi connectivity index (χ0n) is 9.62. The third-order valence-corrected chi connectivity index (χ3v) is 5.38. The minimum Gasteiger partial charge on any atom is -0.144 e. The summed E-state index contributed by atoms with van der Waals surface area (Å²) in [4.78, 5) is 3.24. The Balaban J connectivity index is 2.05. The lowest BCUT2D eigenvalue weighted by molar-refractivity contribution is 0.970. The Morgan fingerprint density at radius 3 is 2.47 bits per heavy atom. The second-order valence-corrected chi connectivity index (χ2v) is 6.70. The maximum atomic E-state index is 5.88. The monoisotopic (exact) mass is 328 g/mol. The van der Waals surface area contributed by atoms with E-state index in [1.54, 1.807) is 0 Å². The van der Waals surface area contributed by atoms with Gasteiger partial charge in [0.05, 0.1) is 4.83 Å². The minimum absolute atomic E-state index is 0.397. The van der Waals surface area contributed by atoms with Gasteiger partial charge < -0.3 is 0 Å². The molecule has 2 aromatic rings. The van der Waals surface area contributed by atoms with Gasteiger partial charge in [-0.05, 0) is 42.7 Å². The molecule has 1 atom stereocenters. The van der Waals surface area contributed by atoms with Gasteiger partial charge in [-0.15, -0.1) is 11.3 Å². The van der Waals surface area contributed by atoms with Crippen molar-refractivity contribution in [2.75, 3.05) is 0 Å². The van der Waals surface area contributed by atoms with E-state index in [-0.39, 0.29) is 0 Å². The first-order valence-electron chi connectivity index (χ1n) is 5.66. The van der Waals surface area contributed by atoms with Crippen LogP contribution in [-0.2, 0) is 12.8 Å². The maximum Gasteiger partial charge on any atom is 0.0529 e. The van der Waals surface area contributed by atoms with Gasteiger partial charge in [-0.25, -0.2) is 0 Å². The van der Waals surface area contributed by atoms with Gasteiger partial charge in [0.15, 0.2) is 0 Å². The number of benzene rings is 1. The molecule has 0 saturated carbocycles. The first-order valence-corrected chi connectivity index (χ1v) is 7.77. The van der Waals surface area contributed by atoms with Gasteiger partial charge >= 0.3 is 0 Å². The van der Waals surface area contributed by atoms with Crippen molar-refractivity contribution in [3.05, 3.63) is 56.7 Å².